The smallest absolute Gasteiger partial charge is 0.432 e. The van der Waals surface area contributed by atoms with Crippen LogP contribution >= 0.6 is 11.6 Å². The number of halogens is 4. The fraction of sp³-hybridized carbons (Fsp3) is 0.471. The van der Waals surface area contributed by atoms with Crippen LogP contribution in [0.5, 0.6) is 5.75 Å². The second-order valence-corrected chi connectivity index (χ2v) is 6.96. The molecular formula is C17H18ClF3O4. The molecule has 0 aromatic heterocycles. The number of benzene rings is 1. The maximum absolute atomic E-state index is 13.7. The molecule has 0 radical (unpaired) electrons. The number of rotatable bonds is 4. The first kappa shape index (κ1) is 19.6. The van der Waals surface area contributed by atoms with E-state index in [0.29, 0.717) is 5.56 Å². The highest BCUT2D eigenvalue weighted by molar-refractivity contribution is 6.31. The van der Waals surface area contributed by atoms with Crippen LogP contribution in [-0.2, 0) is 10.2 Å². The quantitative estimate of drug-likeness (QED) is 0.824. The van der Waals surface area contributed by atoms with Gasteiger partial charge in [0.05, 0.1) is 12.2 Å². The average molecular weight is 379 g/mol. The van der Waals surface area contributed by atoms with Crippen LogP contribution in [0.2, 0.25) is 5.02 Å². The van der Waals surface area contributed by atoms with E-state index in [1.165, 1.54) is 19.1 Å². The van der Waals surface area contributed by atoms with Crippen molar-refractivity contribution in [3.8, 4) is 5.75 Å². The molecule has 0 aliphatic carbocycles. The van der Waals surface area contributed by atoms with Crippen LogP contribution < -0.4 is 4.74 Å². The summed E-state index contributed by atoms with van der Waals surface area (Å²) in [6, 6.07) is 2.68. The third-order valence-electron chi connectivity index (χ3n) is 4.43. The molecule has 0 fully saturated rings. The van der Waals surface area contributed by atoms with E-state index in [1.54, 1.807) is 13.8 Å². The van der Waals surface area contributed by atoms with E-state index >= 15 is 0 Å². The number of aliphatic hydroxyl groups excluding tert-OH is 1. The topological polar surface area (TPSA) is 66.8 Å². The van der Waals surface area contributed by atoms with Gasteiger partial charge in [-0.2, -0.15) is 13.2 Å². The van der Waals surface area contributed by atoms with Gasteiger partial charge in [-0.05, 0) is 30.2 Å². The molecule has 2 N–H and O–H groups in total. The Bertz CT molecular complexity index is 740. The van der Waals surface area contributed by atoms with Crippen LogP contribution in [0.4, 0.5) is 13.2 Å². The number of fused-ring (bicyclic) bond motifs is 1. The molecule has 4 nitrogen and oxygen atoms in total. The second-order valence-electron chi connectivity index (χ2n) is 6.56. The Kier molecular flexibility index (Phi) is 4.87. The summed E-state index contributed by atoms with van der Waals surface area (Å²) in [4.78, 5) is 11.4. The van der Waals surface area contributed by atoms with Crippen LogP contribution in [0.25, 0.3) is 6.08 Å². The van der Waals surface area contributed by atoms with Crippen molar-refractivity contribution < 1.29 is 32.9 Å². The maximum atomic E-state index is 13.7. The molecule has 1 unspecified atom stereocenters. The van der Waals surface area contributed by atoms with Crippen molar-refractivity contribution >= 4 is 23.6 Å². The zero-order valence-corrected chi connectivity index (χ0v) is 14.6. The third kappa shape index (κ3) is 3.11. The highest BCUT2D eigenvalue weighted by Gasteiger charge is 2.62. The van der Waals surface area contributed by atoms with Crippen molar-refractivity contribution in [1.29, 1.82) is 0 Å². The van der Waals surface area contributed by atoms with Gasteiger partial charge >= 0.3 is 12.1 Å². The summed E-state index contributed by atoms with van der Waals surface area (Å²) in [6.07, 6.45) is -4.58. The lowest BCUT2D eigenvalue weighted by atomic mass is 9.82. The van der Waals surface area contributed by atoms with Crippen LogP contribution in [0.3, 0.4) is 0 Å². The van der Waals surface area contributed by atoms with Gasteiger partial charge in [0.15, 0.2) is 0 Å². The molecule has 138 valence electrons. The Hall–Kier alpha value is -1.73. The largest absolute Gasteiger partial charge is 0.478 e. The van der Waals surface area contributed by atoms with E-state index in [2.05, 4.69) is 0 Å². The predicted octanol–water partition coefficient (Wildman–Crippen LogP) is 4.18. The van der Waals surface area contributed by atoms with Crippen LogP contribution in [0, 0.1) is 0 Å². The zero-order chi connectivity index (χ0) is 19.2. The molecule has 1 aromatic carbocycles. The van der Waals surface area contributed by atoms with E-state index in [9.17, 15) is 28.2 Å². The molecule has 8 heteroatoms. The Morgan fingerprint density at radius 2 is 1.92 bits per heavy atom. The molecule has 0 saturated heterocycles. The Morgan fingerprint density at radius 1 is 1.32 bits per heavy atom. The number of hydrogen-bond acceptors (Lipinski definition) is 3. The van der Waals surface area contributed by atoms with Crippen LogP contribution in [-0.4, -0.2) is 34.6 Å². The Balaban J connectivity index is 2.74. The number of carboxylic acid groups (broad SMARTS) is 1. The first-order valence-electron chi connectivity index (χ1n) is 7.55. The summed E-state index contributed by atoms with van der Waals surface area (Å²) < 4.78 is 46.3. The molecule has 0 amide bonds. The van der Waals surface area contributed by atoms with Gasteiger partial charge in [-0.15, -0.1) is 0 Å². The summed E-state index contributed by atoms with van der Waals surface area (Å²) in [6.45, 7) is 4.29. The number of alkyl halides is 3. The number of aliphatic hydroxyl groups is 1. The number of ether oxygens (including phenoxy) is 1. The van der Waals surface area contributed by atoms with Gasteiger partial charge in [0, 0.05) is 16.0 Å². The summed E-state index contributed by atoms with van der Waals surface area (Å²) in [5.41, 5.74) is -4.08. The molecule has 0 saturated carbocycles. The van der Waals surface area contributed by atoms with Gasteiger partial charge in [0.25, 0.3) is 0 Å². The minimum Gasteiger partial charge on any atom is -0.478 e. The fourth-order valence-corrected chi connectivity index (χ4v) is 3.22. The summed E-state index contributed by atoms with van der Waals surface area (Å²) in [7, 11) is 0. The first-order chi connectivity index (χ1) is 11.4. The zero-order valence-electron chi connectivity index (χ0n) is 13.9. The van der Waals surface area contributed by atoms with E-state index in [0.717, 1.165) is 6.08 Å². The number of carboxylic acids is 1. The maximum Gasteiger partial charge on any atom is 0.432 e. The van der Waals surface area contributed by atoms with Crippen LogP contribution in [0.15, 0.2) is 17.7 Å². The lowest BCUT2D eigenvalue weighted by molar-refractivity contribution is -0.236. The number of carbonyl (C=O) groups is 1. The highest BCUT2D eigenvalue weighted by atomic mass is 35.5. The van der Waals surface area contributed by atoms with Crippen molar-refractivity contribution in [2.75, 3.05) is 6.61 Å². The summed E-state index contributed by atoms with van der Waals surface area (Å²) in [5.74, 6) is -1.83. The van der Waals surface area contributed by atoms with Crippen molar-refractivity contribution in [3.63, 3.8) is 0 Å². The van der Waals surface area contributed by atoms with Crippen molar-refractivity contribution in [2.45, 2.75) is 44.4 Å². The van der Waals surface area contributed by atoms with Crippen LogP contribution in [0.1, 0.15) is 38.3 Å². The van der Waals surface area contributed by atoms with E-state index < -0.39 is 35.2 Å². The van der Waals surface area contributed by atoms with Gasteiger partial charge < -0.3 is 14.9 Å². The minimum absolute atomic E-state index is 0.120. The average Bonchev–Trinajstić information content (AvgIpc) is 2.51. The van der Waals surface area contributed by atoms with Crippen molar-refractivity contribution in [3.05, 3.63) is 33.9 Å². The molecule has 25 heavy (non-hydrogen) atoms. The molecule has 2 rings (SSSR count). The molecule has 1 aliphatic heterocycles. The van der Waals surface area contributed by atoms with Gasteiger partial charge in [0.2, 0.25) is 5.60 Å². The Labute approximate surface area is 147 Å². The highest BCUT2D eigenvalue weighted by Crippen LogP contribution is 2.49. The van der Waals surface area contributed by atoms with Gasteiger partial charge in [-0.25, -0.2) is 4.79 Å². The molecular weight excluding hydrogens is 361 g/mol. The van der Waals surface area contributed by atoms with E-state index in [4.69, 9.17) is 16.3 Å². The summed E-state index contributed by atoms with van der Waals surface area (Å²) >= 11 is 6.18. The lowest BCUT2D eigenvalue weighted by Crippen LogP contribution is -2.54. The minimum atomic E-state index is -4.92. The third-order valence-corrected chi connectivity index (χ3v) is 4.74. The van der Waals surface area contributed by atoms with Gasteiger partial charge in [0.1, 0.15) is 5.75 Å². The van der Waals surface area contributed by atoms with Gasteiger partial charge in [-0.1, -0.05) is 32.4 Å². The SMILES string of the molecule is CCC1(C(F)(F)F)Oc2cc(C(C)(C)CO)c(Cl)cc2C=C1C(=O)O. The standard InChI is InChI=1S/C17H18ClF3O4/c1-4-16(17(19,20)21)11(14(23)24)5-9-6-12(18)10(7-13(9)25-16)15(2,3)8-22/h5-7,22H,4,8H2,1-3H3,(H,23,24). The van der Waals surface area contributed by atoms with E-state index in [-0.39, 0.29) is 22.9 Å². The Morgan fingerprint density at radius 3 is 2.36 bits per heavy atom. The monoisotopic (exact) mass is 378 g/mol. The molecule has 0 spiro atoms. The number of hydrogen-bond donors (Lipinski definition) is 2. The molecule has 1 atom stereocenters. The fourth-order valence-electron chi connectivity index (χ4n) is 2.80. The van der Waals surface area contributed by atoms with Gasteiger partial charge in [-0.3, -0.25) is 0 Å². The van der Waals surface area contributed by atoms with Crippen molar-refractivity contribution in [2.24, 2.45) is 0 Å². The molecule has 1 heterocycles. The van der Waals surface area contributed by atoms with Crippen molar-refractivity contribution in [1.82, 2.24) is 0 Å². The lowest BCUT2D eigenvalue weighted by Gasteiger charge is -2.39. The number of aliphatic carboxylic acids is 1. The molecule has 1 aromatic rings. The second kappa shape index (κ2) is 6.21. The first-order valence-corrected chi connectivity index (χ1v) is 7.93. The normalized spacial score (nSPS) is 20.6. The molecule has 0 bridgehead atoms. The molecule has 1 aliphatic rings. The van der Waals surface area contributed by atoms with E-state index in [1.807, 2.05) is 0 Å². The summed E-state index contributed by atoms with van der Waals surface area (Å²) in [5, 5.41) is 19.0. The predicted molar refractivity (Wildman–Crippen MR) is 86.9 cm³/mol.